The molecule has 1 rings (SSSR count). The third-order valence-corrected chi connectivity index (χ3v) is 5.42. The minimum Gasteiger partial charge on any atom is -0.466 e. The predicted molar refractivity (Wildman–Crippen MR) is 106 cm³/mol. The van der Waals surface area contributed by atoms with Gasteiger partial charge in [0.2, 0.25) is 0 Å². The fourth-order valence-corrected chi connectivity index (χ4v) is 2.89. The molecule has 0 amide bonds. The molecule has 0 aromatic carbocycles. The molecule has 1 aliphatic rings. The van der Waals surface area contributed by atoms with Gasteiger partial charge in [-0.3, -0.25) is 4.79 Å². The Kier molecular flexibility index (Phi) is 7.14. The highest BCUT2D eigenvalue weighted by molar-refractivity contribution is 6.83. The van der Waals surface area contributed by atoms with Crippen LogP contribution >= 0.6 is 0 Å². The Balaban J connectivity index is 3.21. The Morgan fingerprint density at radius 1 is 1.12 bits per heavy atom. The van der Waals surface area contributed by atoms with Gasteiger partial charge in [0.15, 0.2) is 0 Å². The molecular formula is C19H33BO4Si. The van der Waals surface area contributed by atoms with E-state index < -0.39 is 26.4 Å². The molecule has 0 aliphatic carbocycles. The van der Waals surface area contributed by atoms with Gasteiger partial charge in [0, 0.05) is 13.3 Å². The lowest BCUT2D eigenvalue weighted by atomic mass is 9.73. The van der Waals surface area contributed by atoms with Gasteiger partial charge in [0.25, 0.3) is 0 Å². The summed E-state index contributed by atoms with van der Waals surface area (Å²) in [5, 5.41) is 0. The largest absolute Gasteiger partial charge is 0.491 e. The second-order valence-corrected chi connectivity index (χ2v) is 13.3. The highest BCUT2D eigenvalue weighted by Crippen LogP contribution is 2.39. The van der Waals surface area contributed by atoms with Gasteiger partial charge in [0.1, 0.15) is 8.07 Å². The van der Waals surface area contributed by atoms with E-state index in [2.05, 4.69) is 38.0 Å². The summed E-state index contributed by atoms with van der Waals surface area (Å²) in [6, 6.07) is 0. The van der Waals surface area contributed by atoms with Gasteiger partial charge >= 0.3 is 13.1 Å². The molecule has 1 saturated heterocycles. The monoisotopic (exact) mass is 364 g/mol. The van der Waals surface area contributed by atoms with Crippen molar-refractivity contribution in [2.24, 2.45) is 0 Å². The number of esters is 1. The van der Waals surface area contributed by atoms with Crippen molar-refractivity contribution in [3.05, 3.63) is 11.0 Å². The SMILES string of the molecule is CC/C(C#C[Si](C)(C)C)=C(/CCOC(C)=O)B1OC(C)(C)C(C)(C)O1. The fourth-order valence-electron chi connectivity index (χ4n) is 2.36. The van der Waals surface area contributed by atoms with Gasteiger partial charge in [-0.25, -0.2) is 0 Å². The van der Waals surface area contributed by atoms with Crippen LogP contribution in [0.5, 0.6) is 0 Å². The van der Waals surface area contributed by atoms with Crippen molar-refractivity contribution in [3.8, 4) is 11.5 Å². The molecule has 0 N–H and O–H groups in total. The minimum atomic E-state index is -1.49. The first-order chi connectivity index (χ1) is 11.3. The first-order valence-electron chi connectivity index (χ1n) is 9.03. The molecular weight excluding hydrogens is 331 g/mol. The molecule has 0 saturated carbocycles. The topological polar surface area (TPSA) is 44.8 Å². The summed E-state index contributed by atoms with van der Waals surface area (Å²) in [5.74, 6) is 3.09. The smallest absolute Gasteiger partial charge is 0.466 e. The minimum absolute atomic E-state index is 0.278. The van der Waals surface area contributed by atoms with Crippen LogP contribution in [0.1, 0.15) is 54.4 Å². The van der Waals surface area contributed by atoms with E-state index in [1.807, 2.05) is 27.7 Å². The zero-order chi connectivity index (χ0) is 19.5. The average Bonchev–Trinajstić information content (AvgIpc) is 2.64. The first kappa shape index (κ1) is 22.0. The molecule has 0 unspecified atom stereocenters. The molecule has 4 nitrogen and oxygen atoms in total. The molecule has 1 aliphatic heterocycles. The maximum absolute atomic E-state index is 11.1. The second-order valence-electron chi connectivity index (χ2n) is 8.54. The molecule has 0 aromatic heterocycles. The maximum atomic E-state index is 11.1. The number of carbonyl (C=O) groups excluding carboxylic acids is 1. The summed E-state index contributed by atoms with van der Waals surface area (Å²) in [5.41, 5.74) is 4.64. The van der Waals surface area contributed by atoms with Gasteiger partial charge < -0.3 is 14.0 Å². The van der Waals surface area contributed by atoms with Gasteiger partial charge in [-0.15, -0.1) is 5.54 Å². The third kappa shape index (κ3) is 6.32. The van der Waals surface area contributed by atoms with Crippen molar-refractivity contribution in [2.45, 2.75) is 85.2 Å². The normalized spacial score (nSPS) is 19.8. The van der Waals surface area contributed by atoms with E-state index in [-0.39, 0.29) is 5.97 Å². The van der Waals surface area contributed by atoms with Crippen LogP contribution in [0.4, 0.5) is 0 Å². The van der Waals surface area contributed by atoms with Crippen LogP contribution in [-0.4, -0.2) is 39.0 Å². The highest BCUT2D eigenvalue weighted by atomic mass is 28.3. The van der Waals surface area contributed by atoms with Gasteiger partial charge in [-0.05, 0) is 45.2 Å². The Bertz CT molecular complexity index is 575. The maximum Gasteiger partial charge on any atom is 0.491 e. The molecule has 0 radical (unpaired) electrons. The highest BCUT2D eigenvalue weighted by Gasteiger charge is 2.52. The standard InChI is InChI=1S/C19H33BO4Si/c1-10-16(12-14-25(7,8)9)17(11-13-22-15(2)21)20-23-18(3,4)19(5,6)24-20/h10-11,13H2,1-9H3/b17-16+. The lowest BCUT2D eigenvalue weighted by Crippen LogP contribution is -2.41. The van der Waals surface area contributed by atoms with Crippen molar-refractivity contribution < 1.29 is 18.8 Å². The lowest BCUT2D eigenvalue weighted by Gasteiger charge is -2.32. The van der Waals surface area contributed by atoms with Gasteiger partial charge in [-0.2, -0.15) is 0 Å². The Morgan fingerprint density at radius 2 is 1.64 bits per heavy atom. The molecule has 0 atom stereocenters. The van der Waals surface area contributed by atoms with Gasteiger partial charge in [0.05, 0.1) is 17.8 Å². The number of carbonyl (C=O) groups is 1. The van der Waals surface area contributed by atoms with Crippen LogP contribution in [0.2, 0.25) is 19.6 Å². The van der Waals surface area contributed by atoms with Crippen LogP contribution in [0.15, 0.2) is 11.0 Å². The summed E-state index contributed by atoms with van der Waals surface area (Å²) in [6.45, 7) is 18.6. The van der Waals surface area contributed by atoms with Crippen molar-refractivity contribution in [1.29, 1.82) is 0 Å². The molecule has 1 heterocycles. The number of allylic oxidation sites excluding steroid dienone is 1. The molecule has 0 spiro atoms. The zero-order valence-corrected chi connectivity index (χ0v) is 18.3. The van der Waals surface area contributed by atoms with E-state index in [1.54, 1.807) is 0 Å². The van der Waals surface area contributed by atoms with E-state index >= 15 is 0 Å². The lowest BCUT2D eigenvalue weighted by molar-refractivity contribution is -0.140. The Hall–Kier alpha value is -1.03. The number of ether oxygens (including phenoxy) is 1. The first-order valence-corrected chi connectivity index (χ1v) is 12.5. The van der Waals surface area contributed by atoms with Crippen LogP contribution in [0.3, 0.4) is 0 Å². The number of hydrogen-bond acceptors (Lipinski definition) is 4. The third-order valence-electron chi connectivity index (χ3n) is 4.54. The van der Waals surface area contributed by atoms with E-state index in [0.717, 1.165) is 17.5 Å². The second kappa shape index (κ2) is 8.11. The fraction of sp³-hybridized carbons (Fsp3) is 0.737. The van der Waals surface area contributed by atoms with E-state index in [1.165, 1.54) is 6.92 Å². The van der Waals surface area contributed by atoms with Crippen molar-refractivity contribution in [2.75, 3.05) is 6.61 Å². The molecule has 25 heavy (non-hydrogen) atoms. The summed E-state index contributed by atoms with van der Waals surface area (Å²) < 4.78 is 17.6. The summed E-state index contributed by atoms with van der Waals surface area (Å²) in [7, 11) is -1.94. The summed E-state index contributed by atoms with van der Waals surface area (Å²) >= 11 is 0. The molecule has 1 fully saturated rings. The molecule has 140 valence electrons. The van der Waals surface area contributed by atoms with Crippen LogP contribution in [0, 0.1) is 11.5 Å². The molecule has 0 aromatic rings. The summed E-state index contributed by atoms with van der Waals surface area (Å²) in [6.07, 6.45) is 1.37. The van der Waals surface area contributed by atoms with E-state index in [4.69, 9.17) is 14.0 Å². The summed E-state index contributed by atoms with van der Waals surface area (Å²) in [4.78, 5) is 11.1. The predicted octanol–water partition coefficient (Wildman–Crippen LogP) is 4.16. The zero-order valence-electron chi connectivity index (χ0n) is 17.3. The number of hydrogen-bond donors (Lipinski definition) is 0. The Labute approximate surface area is 154 Å². The molecule has 0 bridgehead atoms. The number of rotatable bonds is 5. The molecule has 6 heteroatoms. The Morgan fingerprint density at radius 3 is 2.04 bits per heavy atom. The average molecular weight is 364 g/mol. The quantitative estimate of drug-likeness (QED) is 0.417. The van der Waals surface area contributed by atoms with E-state index in [0.29, 0.717) is 13.0 Å². The van der Waals surface area contributed by atoms with Crippen LogP contribution in [0.25, 0.3) is 0 Å². The van der Waals surface area contributed by atoms with Crippen molar-refractivity contribution in [1.82, 2.24) is 0 Å². The van der Waals surface area contributed by atoms with Crippen molar-refractivity contribution >= 4 is 21.2 Å². The van der Waals surface area contributed by atoms with Crippen molar-refractivity contribution in [3.63, 3.8) is 0 Å². The van der Waals surface area contributed by atoms with E-state index in [9.17, 15) is 4.79 Å². The van der Waals surface area contributed by atoms with Crippen LogP contribution < -0.4 is 0 Å². The van der Waals surface area contributed by atoms with Gasteiger partial charge in [-0.1, -0.05) is 32.5 Å². The van der Waals surface area contributed by atoms with Crippen LogP contribution in [-0.2, 0) is 18.8 Å².